The zero-order valence-electron chi connectivity index (χ0n) is 6.41. The van der Waals surface area contributed by atoms with Crippen molar-refractivity contribution in [1.82, 2.24) is 0 Å². The summed E-state index contributed by atoms with van der Waals surface area (Å²) < 4.78 is 47.4. The predicted octanol–water partition coefficient (Wildman–Crippen LogP) is 1.10. The number of ether oxygens (including phenoxy) is 3. The van der Waals surface area contributed by atoms with Gasteiger partial charge in [0.05, 0.1) is 6.61 Å². The molecule has 2 unspecified atom stereocenters. The van der Waals surface area contributed by atoms with Gasteiger partial charge in [0.15, 0.2) is 0 Å². The van der Waals surface area contributed by atoms with Crippen LogP contribution in [0.15, 0.2) is 0 Å². The summed E-state index contributed by atoms with van der Waals surface area (Å²) in [6.07, 6.45) is -7.96. The molecule has 1 aliphatic rings. The lowest BCUT2D eigenvalue weighted by Gasteiger charge is -2.07. The summed E-state index contributed by atoms with van der Waals surface area (Å²) in [5, 5.41) is 0. The maximum absolute atomic E-state index is 12.0. The van der Waals surface area contributed by atoms with Crippen LogP contribution in [0.4, 0.5) is 18.0 Å². The second-order valence-corrected chi connectivity index (χ2v) is 2.32. The SMILES string of the molecule is O=C(OCC1CO1)OC(F)C(F)F. The molecule has 0 bridgehead atoms. The minimum atomic E-state index is -3.36. The Morgan fingerprint density at radius 3 is 2.62 bits per heavy atom. The number of halogens is 3. The smallest absolute Gasteiger partial charge is 0.431 e. The summed E-state index contributed by atoms with van der Waals surface area (Å²) in [6.45, 7) is 0.343. The molecular weight excluding hydrogens is 193 g/mol. The summed E-state index contributed by atoms with van der Waals surface area (Å²) in [6, 6.07) is 0. The van der Waals surface area contributed by atoms with Crippen molar-refractivity contribution in [2.24, 2.45) is 0 Å². The highest BCUT2D eigenvalue weighted by Crippen LogP contribution is 2.11. The standard InChI is InChI=1S/C6H7F3O4/c7-4(8)5(9)13-6(10)12-2-3-1-11-3/h3-5H,1-2H2. The summed E-state index contributed by atoms with van der Waals surface area (Å²) >= 11 is 0. The molecule has 7 heteroatoms. The third-order valence-corrected chi connectivity index (χ3v) is 1.20. The molecule has 76 valence electrons. The van der Waals surface area contributed by atoms with Crippen LogP contribution in [0.25, 0.3) is 0 Å². The van der Waals surface area contributed by atoms with E-state index >= 15 is 0 Å². The van der Waals surface area contributed by atoms with Gasteiger partial charge < -0.3 is 14.2 Å². The fraction of sp³-hybridized carbons (Fsp3) is 0.833. The molecule has 1 saturated heterocycles. The molecule has 0 aromatic heterocycles. The van der Waals surface area contributed by atoms with E-state index in [1.54, 1.807) is 0 Å². The summed E-state index contributed by atoms with van der Waals surface area (Å²) in [5.41, 5.74) is 0. The van der Waals surface area contributed by atoms with Crippen molar-refractivity contribution in [3.63, 3.8) is 0 Å². The van der Waals surface area contributed by atoms with Gasteiger partial charge in [-0.15, -0.1) is 0 Å². The maximum Gasteiger partial charge on any atom is 0.511 e. The van der Waals surface area contributed by atoms with Crippen molar-refractivity contribution in [3.05, 3.63) is 0 Å². The lowest BCUT2D eigenvalue weighted by atomic mass is 10.5. The summed E-state index contributed by atoms with van der Waals surface area (Å²) in [4.78, 5) is 10.4. The van der Waals surface area contributed by atoms with Gasteiger partial charge >= 0.3 is 18.9 Å². The number of hydrogen-bond acceptors (Lipinski definition) is 4. The van der Waals surface area contributed by atoms with Crippen molar-refractivity contribution in [1.29, 1.82) is 0 Å². The van der Waals surface area contributed by atoms with E-state index in [9.17, 15) is 18.0 Å². The predicted molar refractivity (Wildman–Crippen MR) is 33.1 cm³/mol. The highest BCUT2D eigenvalue weighted by atomic mass is 19.3. The number of epoxide rings is 1. The van der Waals surface area contributed by atoms with E-state index < -0.39 is 18.9 Å². The van der Waals surface area contributed by atoms with Crippen molar-refractivity contribution in [2.45, 2.75) is 18.9 Å². The molecule has 1 aliphatic heterocycles. The minimum absolute atomic E-state index is 0.102. The molecule has 2 atom stereocenters. The Balaban J connectivity index is 2.08. The largest absolute Gasteiger partial charge is 0.511 e. The second kappa shape index (κ2) is 4.31. The lowest BCUT2D eigenvalue weighted by molar-refractivity contribution is -0.110. The molecule has 0 saturated carbocycles. The Kier molecular flexibility index (Phi) is 3.35. The van der Waals surface area contributed by atoms with Crippen LogP contribution in [0.5, 0.6) is 0 Å². The number of carbonyl (C=O) groups is 1. The molecule has 0 N–H and O–H groups in total. The van der Waals surface area contributed by atoms with E-state index in [2.05, 4.69) is 14.2 Å². The molecular formula is C6H7F3O4. The second-order valence-electron chi connectivity index (χ2n) is 2.32. The number of carbonyl (C=O) groups excluding carboxylic acids is 1. The first kappa shape index (κ1) is 10.1. The number of hydrogen-bond donors (Lipinski definition) is 0. The molecule has 0 aliphatic carbocycles. The van der Waals surface area contributed by atoms with E-state index in [0.717, 1.165) is 0 Å². The van der Waals surface area contributed by atoms with Crippen LogP contribution >= 0.6 is 0 Å². The zero-order chi connectivity index (χ0) is 9.84. The third kappa shape index (κ3) is 3.97. The molecule has 1 rings (SSSR count). The van der Waals surface area contributed by atoms with Gasteiger partial charge in [-0.3, -0.25) is 0 Å². The molecule has 1 fully saturated rings. The molecule has 4 nitrogen and oxygen atoms in total. The van der Waals surface area contributed by atoms with Crippen LogP contribution in [0.2, 0.25) is 0 Å². The minimum Gasteiger partial charge on any atom is -0.431 e. The molecule has 0 aromatic carbocycles. The van der Waals surface area contributed by atoms with Gasteiger partial charge in [-0.25, -0.2) is 13.6 Å². The Morgan fingerprint density at radius 2 is 2.15 bits per heavy atom. The Hall–Kier alpha value is -0.980. The molecule has 13 heavy (non-hydrogen) atoms. The van der Waals surface area contributed by atoms with Gasteiger partial charge in [-0.1, -0.05) is 0 Å². The quantitative estimate of drug-likeness (QED) is 0.503. The van der Waals surface area contributed by atoms with Crippen LogP contribution in [-0.2, 0) is 14.2 Å². The van der Waals surface area contributed by atoms with E-state index in [0.29, 0.717) is 6.61 Å². The van der Waals surface area contributed by atoms with Crippen LogP contribution in [0.3, 0.4) is 0 Å². The first-order chi connectivity index (χ1) is 6.09. The van der Waals surface area contributed by atoms with Crippen LogP contribution in [0, 0.1) is 0 Å². The molecule has 1 heterocycles. The fourth-order valence-electron chi connectivity index (χ4n) is 0.503. The van der Waals surface area contributed by atoms with Crippen molar-refractivity contribution in [2.75, 3.05) is 13.2 Å². The first-order valence-corrected chi connectivity index (χ1v) is 3.47. The van der Waals surface area contributed by atoms with E-state index in [1.165, 1.54) is 0 Å². The fourth-order valence-corrected chi connectivity index (χ4v) is 0.503. The van der Waals surface area contributed by atoms with Crippen molar-refractivity contribution < 1.29 is 32.2 Å². The maximum atomic E-state index is 12.0. The van der Waals surface area contributed by atoms with Crippen LogP contribution in [0.1, 0.15) is 0 Å². The van der Waals surface area contributed by atoms with E-state index in [-0.39, 0.29) is 12.7 Å². The molecule has 0 aromatic rings. The molecule has 0 spiro atoms. The van der Waals surface area contributed by atoms with Gasteiger partial charge in [0, 0.05) is 0 Å². The zero-order valence-corrected chi connectivity index (χ0v) is 6.41. The van der Waals surface area contributed by atoms with Gasteiger partial charge in [-0.2, -0.15) is 4.39 Å². The first-order valence-electron chi connectivity index (χ1n) is 3.47. The monoisotopic (exact) mass is 200 g/mol. The van der Waals surface area contributed by atoms with Crippen molar-refractivity contribution in [3.8, 4) is 0 Å². The topological polar surface area (TPSA) is 48.1 Å². The van der Waals surface area contributed by atoms with Gasteiger partial charge in [-0.05, 0) is 0 Å². The Bertz CT molecular complexity index is 183. The van der Waals surface area contributed by atoms with Crippen LogP contribution < -0.4 is 0 Å². The summed E-state index contributed by atoms with van der Waals surface area (Å²) in [5.74, 6) is 0. The average molecular weight is 200 g/mol. The number of alkyl halides is 3. The van der Waals surface area contributed by atoms with Crippen LogP contribution in [-0.4, -0.2) is 38.3 Å². The van der Waals surface area contributed by atoms with Gasteiger partial charge in [0.2, 0.25) is 0 Å². The van der Waals surface area contributed by atoms with Gasteiger partial charge in [0.1, 0.15) is 12.7 Å². The summed E-state index contributed by atoms with van der Waals surface area (Å²) in [7, 11) is 0. The van der Waals surface area contributed by atoms with E-state index in [1.807, 2.05) is 0 Å². The normalized spacial score (nSPS) is 22.6. The highest BCUT2D eigenvalue weighted by molar-refractivity contribution is 5.60. The average Bonchev–Trinajstić information content (AvgIpc) is 2.83. The van der Waals surface area contributed by atoms with Crippen molar-refractivity contribution >= 4 is 6.16 Å². The third-order valence-electron chi connectivity index (χ3n) is 1.20. The Morgan fingerprint density at radius 1 is 1.54 bits per heavy atom. The number of rotatable bonds is 4. The van der Waals surface area contributed by atoms with Gasteiger partial charge in [0.25, 0.3) is 0 Å². The molecule has 0 amide bonds. The van der Waals surface area contributed by atoms with E-state index in [4.69, 9.17) is 0 Å². The highest BCUT2D eigenvalue weighted by Gasteiger charge is 2.27. The molecule has 0 radical (unpaired) electrons. The lowest BCUT2D eigenvalue weighted by Crippen LogP contribution is -2.22. The Labute approximate surface area is 71.6 Å².